The molecule has 1 atom stereocenters. The second-order valence-electron chi connectivity index (χ2n) is 7.48. The summed E-state index contributed by atoms with van der Waals surface area (Å²) in [5.74, 6) is 0.722. The van der Waals surface area contributed by atoms with Gasteiger partial charge in [0, 0.05) is 32.8 Å². The lowest BCUT2D eigenvalue weighted by molar-refractivity contribution is 0.100. The predicted octanol–water partition coefficient (Wildman–Crippen LogP) is 3.54. The zero-order valence-electron chi connectivity index (χ0n) is 15.1. The van der Waals surface area contributed by atoms with Crippen LogP contribution in [-0.4, -0.2) is 51.3 Å². The fraction of sp³-hybridized carbons (Fsp3) is 1.00. The quantitative estimate of drug-likeness (QED) is 0.520. The first-order chi connectivity index (χ1) is 10.0. The van der Waals surface area contributed by atoms with Gasteiger partial charge in [0.15, 0.2) is 0 Å². The summed E-state index contributed by atoms with van der Waals surface area (Å²) < 4.78 is 5.17. The van der Waals surface area contributed by atoms with Crippen molar-refractivity contribution in [1.82, 2.24) is 10.2 Å². The van der Waals surface area contributed by atoms with E-state index in [4.69, 9.17) is 4.74 Å². The summed E-state index contributed by atoms with van der Waals surface area (Å²) >= 11 is 0. The molecule has 0 saturated heterocycles. The normalized spacial score (nSPS) is 20.7. The Morgan fingerprint density at radius 3 is 2.24 bits per heavy atom. The van der Waals surface area contributed by atoms with Gasteiger partial charge in [-0.3, -0.25) is 0 Å². The largest absolute Gasteiger partial charge is 0.383 e. The molecule has 0 aliphatic heterocycles. The van der Waals surface area contributed by atoms with Crippen molar-refractivity contribution in [3.63, 3.8) is 0 Å². The van der Waals surface area contributed by atoms with Gasteiger partial charge in [0.2, 0.25) is 0 Å². The van der Waals surface area contributed by atoms with Crippen LogP contribution in [0, 0.1) is 11.3 Å². The third-order valence-corrected chi connectivity index (χ3v) is 5.39. The summed E-state index contributed by atoms with van der Waals surface area (Å²) in [6.07, 6.45) is 8.39. The molecule has 3 heteroatoms. The topological polar surface area (TPSA) is 24.5 Å². The lowest BCUT2D eigenvalue weighted by atomic mass is 9.79. The van der Waals surface area contributed by atoms with Crippen molar-refractivity contribution < 1.29 is 4.74 Å². The summed E-state index contributed by atoms with van der Waals surface area (Å²) in [7, 11) is 4.09. The van der Waals surface area contributed by atoms with Crippen LogP contribution in [0.2, 0.25) is 0 Å². The highest BCUT2D eigenvalue weighted by Crippen LogP contribution is 2.36. The molecule has 0 amide bonds. The summed E-state index contributed by atoms with van der Waals surface area (Å²) in [5.41, 5.74) is 0.460. The molecular formula is C18H38N2O. The fourth-order valence-electron chi connectivity index (χ4n) is 3.58. The van der Waals surface area contributed by atoms with Crippen molar-refractivity contribution in [2.45, 2.75) is 65.3 Å². The first-order valence-electron chi connectivity index (χ1n) is 8.91. The molecule has 1 aliphatic rings. The number of hydrogen-bond acceptors (Lipinski definition) is 3. The number of nitrogens with one attached hydrogen (secondary N) is 1. The molecule has 126 valence electrons. The Morgan fingerprint density at radius 2 is 1.71 bits per heavy atom. The van der Waals surface area contributed by atoms with E-state index in [1.807, 2.05) is 0 Å². The van der Waals surface area contributed by atoms with E-state index in [-0.39, 0.29) is 0 Å². The molecule has 0 radical (unpaired) electrons. The van der Waals surface area contributed by atoms with Crippen LogP contribution in [0.25, 0.3) is 0 Å². The van der Waals surface area contributed by atoms with Crippen LogP contribution in [0.3, 0.4) is 0 Å². The van der Waals surface area contributed by atoms with Crippen molar-refractivity contribution >= 4 is 0 Å². The van der Waals surface area contributed by atoms with Crippen LogP contribution < -0.4 is 5.32 Å². The van der Waals surface area contributed by atoms with Gasteiger partial charge >= 0.3 is 0 Å². The molecule has 1 N–H and O–H groups in total. The molecule has 1 aliphatic carbocycles. The second kappa shape index (κ2) is 9.81. The molecule has 1 fully saturated rings. The molecule has 0 aromatic heterocycles. The Hall–Kier alpha value is -0.120. The minimum absolute atomic E-state index is 0.460. The maximum Gasteiger partial charge on any atom is 0.0587 e. The van der Waals surface area contributed by atoms with E-state index in [1.54, 1.807) is 7.11 Å². The monoisotopic (exact) mass is 298 g/mol. The van der Waals surface area contributed by atoms with E-state index in [1.165, 1.54) is 45.1 Å². The van der Waals surface area contributed by atoms with Crippen molar-refractivity contribution in [3.8, 4) is 0 Å². The number of methoxy groups -OCH3 is 1. The van der Waals surface area contributed by atoms with Gasteiger partial charge in [-0.05, 0) is 38.1 Å². The Bertz CT molecular complexity index is 260. The Morgan fingerprint density at radius 1 is 1.10 bits per heavy atom. The van der Waals surface area contributed by atoms with Crippen molar-refractivity contribution in [2.24, 2.45) is 11.3 Å². The summed E-state index contributed by atoms with van der Waals surface area (Å²) in [6.45, 7) is 11.2. The van der Waals surface area contributed by atoms with Crippen LogP contribution in [0.15, 0.2) is 0 Å². The van der Waals surface area contributed by atoms with E-state index in [0.717, 1.165) is 25.6 Å². The minimum Gasteiger partial charge on any atom is -0.383 e. The third-order valence-electron chi connectivity index (χ3n) is 5.39. The van der Waals surface area contributed by atoms with Crippen LogP contribution in [-0.2, 0) is 4.74 Å². The van der Waals surface area contributed by atoms with Gasteiger partial charge in [-0.25, -0.2) is 0 Å². The number of ether oxygens (including phenoxy) is 1. The zero-order chi connectivity index (χ0) is 15.7. The highest BCUT2D eigenvalue weighted by Gasteiger charge is 2.33. The Balaban J connectivity index is 2.61. The van der Waals surface area contributed by atoms with Gasteiger partial charge in [0.05, 0.1) is 6.61 Å². The predicted molar refractivity (Wildman–Crippen MR) is 91.8 cm³/mol. The van der Waals surface area contributed by atoms with Gasteiger partial charge in [0.1, 0.15) is 0 Å². The average molecular weight is 299 g/mol. The number of rotatable bonds is 9. The molecule has 0 aromatic carbocycles. The van der Waals surface area contributed by atoms with Crippen LogP contribution in [0.4, 0.5) is 0 Å². The van der Waals surface area contributed by atoms with Gasteiger partial charge in [-0.1, -0.05) is 39.5 Å². The maximum atomic E-state index is 5.17. The SMILES string of the molecule is COCCNCC1(CN(C)C(C)C(C)C)CCCCCC1. The third kappa shape index (κ3) is 6.66. The van der Waals surface area contributed by atoms with E-state index < -0.39 is 0 Å². The molecule has 21 heavy (non-hydrogen) atoms. The van der Waals surface area contributed by atoms with Crippen LogP contribution in [0.1, 0.15) is 59.3 Å². The smallest absolute Gasteiger partial charge is 0.0587 e. The highest BCUT2D eigenvalue weighted by atomic mass is 16.5. The molecule has 1 rings (SSSR count). The minimum atomic E-state index is 0.460. The van der Waals surface area contributed by atoms with Crippen LogP contribution >= 0.6 is 0 Å². The van der Waals surface area contributed by atoms with Crippen molar-refractivity contribution in [2.75, 3.05) is 40.4 Å². The standard InChI is InChI=1S/C18H38N2O/c1-16(2)17(3)20(4)15-18(14-19-12-13-21-5)10-8-6-7-9-11-18/h16-17,19H,6-15H2,1-5H3. The Kier molecular flexibility index (Phi) is 8.84. The lowest BCUT2D eigenvalue weighted by Crippen LogP contribution is -2.47. The first-order valence-corrected chi connectivity index (χ1v) is 8.91. The van der Waals surface area contributed by atoms with E-state index in [2.05, 4.69) is 38.0 Å². The van der Waals surface area contributed by atoms with Crippen LogP contribution in [0.5, 0.6) is 0 Å². The average Bonchev–Trinajstić information content (AvgIpc) is 2.68. The van der Waals surface area contributed by atoms with Gasteiger partial charge in [-0.2, -0.15) is 0 Å². The molecule has 1 unspecified atom stereocenters. The molecular weight excluding hydrogens is 260 g/mol. The summed E-state index contributed by atoms with van der Waals surface area (Å²) in [5, 5.41) is 3.65. The van der Waals surface area contributed by atoms with Gasteiger partial charge in [0.25, 0.3) is 0 Å². The maximum absolute atomic E-state index is 5.17. The lowest BCUT2D eigenvalue weighted by Gasteiger charge is -2.40. The van der Waals surface area contributed by atoms with Crippen molar-refractivity contribution in [3.05, 3.63) is 0 Å². The van der Waals surface area contributed by atoms with E-state index >= 15 is 0 Å². The first kappa shape index (κ1) is 18.9. The van der Waals surface area contributed by atoms with Gasteiger partial charge in [-0.15, -0.1) is 0 Å². The van der Waals surface area contributed by atoms with E-state index in [9.17, 15) is 0 Å². The molecule has 3 nitrogen and oxygen atoms in total. The molecule has 0 bridgehead atoms. The number of nitrogens with zero attached hydrogens (tertiary/aromatic N) is 1. The fourth-order valence-corrected chi connectivity index (χ4v) is 3.58. The Labute approximate surface area is 132 Å². The summed E-state index contributed by atoms with van der Waals surface area (Å²) in [4.78, 5) is 2.59. The molecule has 0 heterocycles. The zero-order valence-corrected chi connectivity index (χ0v) is 15.1. The molecule has 0 aromatic rings. The highest BCUT2D eigenvalue weighted by molar-refractivity contribution is 4.87. The van der Waals surface area contributed by atoms with Gasteiger partial charge < -0.3 is 15.0 Å². The summed E-state index contributed by atoms with van der Waals surface area (Å²) in [6, 6.07) is 0.657. The number of hydrogen-bond donors (Lipinski definition) is 1. The second-order valence-corrected chi connectivity index (χ2v) is 7.48. The van der Waals surface area contributed by atoms with Crippen molar-refractivity contribution in [1.29, 1.82) is 0 Å². The van der Waals surface area contributed by atoms with E-state index in [0.29, 0.717) is 11.5 Å². The molecule has 1 saturated carbocycles. The molecule has 0 spiro atoms.